The molecule has 0 aliphatic carbocycles. The average Bonchev–Trinajstić information content (AvgIpc) is 3.12. The van der Waals surface area contributed by atoms with Crippen molar-refractivity contribution in [2.24, 2.45) is 0 Å². The molecule has 0 atom stereocenters. The van der Waals surface area contributed by atoms with Crippen LogP contribution < -0.4 is 4.72 Å². The molecule has 4 aromatic rings. The fourth-order valence-electron chi connectivity index (χ4n) is 2.74. The molecule has 0 aliphatic heterocycles. The zero-order chi connectivity index (χ0) is 18.9. The second-order valence-electron chi connectivity index (χ2n) is 5.93. The molecule has 0 unspecified atom stereocenters. The van der Waals surface area contributed by atoms with Gasteiger partial charge in [-0.3, -0.25) is 4.72 Å². The van der Waals surface area contributed by atoms with Crippen LogP contribution in [-0.2, 0) is 10.0 Å². The lowest BCUT2D eigenvalue weighted by Crippen LogP contribution is -2.12. The highest BCUT2D eigenvalue weighted by molar-refractivity contribution is 7.92. The molecule has 2 N–H and O–H groups in total. The molecule has 7 heteroatoms. The van der Waals surface area contributed by atoms with Gasteiger partial charge in [0.1, 0.15) is 5.82 Å². The number of imidazole rings is 1. The van der Waals surface area contributed by atoms with Gasteiger partial charge in [-0.05, 0) is 48.5 Å². The first kappa shape index (κ1) is 16.8. The predicted octanol–water partition coefficient (Wildman–Crippen LogP) is 3.90. The Morgan fingerprint density at radius 2 is 1.74 bits per heavy atom. The van der Waals surface area contributed by atoms with Crippen LogP contribution in [0.15, 0.2) is 77.7 Å². The Morgan fingerprint density at radius 1 is 0.963 bits per heavy atom. The Hall–Kier alpha value is -3.63. The smallest absolute Gasteiger partial charge is 0.261 e. The number of nitriles is 1. The average molecular weight is 374 g/mol. The summed E-state index contributed by atoms with van der Waals surface area (Å²) in [5.41, 5.74) is 3.36. The van der Waals surface area contributed by atoms with Crippen LogP contribution in [0.1, 0.15) is 5.56 Å². The number of hydrogen-bond acceptors (Lipinski definition) is 4. The van der Waals surface area contributed by atoms with Gasteiger partial charge in [-0.15, -0.1) is 0 Å². The van der Waals surface area contributed by atoms with Gasteiger partial charge in [-0.1, -0.05) is 24.3 Å². The summed E-state index contributed by atoms with van der Waals surface area (Å²) >= 11 is 0. The second kappa shape index (κ2) is 6.59. The van der Waals surface area contributed by atoms with E-state index in [-0.39, 0.29) is 4.90 Å². The van der Waals surface area contributed by atoms with Gasteiger partial charge < -0.3 is 4.98 Å². The molecule has 0 amide bonds. The lowest BCUT2D eigenvalue weighted by atomic mass is 10.2. The first-order chi connectivity index (χ1) is 13.0. The van der Waals surface area contributed by atoms with Gasteiger partial charge in [0, 0.05) is 11.3 Å². The van der Waals surface area contributed by atoms with Gasteiger partial charge in [0.2, 0.25) is 0 Å². The Morgan fingerprint density at radius 3 is 2.48 bits per heavy atom. The van der Waals surface area contributed by atoms with E-state index in [9.17, 15) is 8.42 Å². The molecule has 4 rings (SSSR count). The summed E-state index contributed by atoms with van der Waals surface area (Å²) in [6.07, 6.45) is 0. The number of para-hydroxylation sites is 2. The maximum absolute atomic E-state index is 12.6. The van der Waals surface area contributed by atoms with Crippen molar-refractivity contribution in [2.75, 3.05) is 4.72 Å². The van der Waals surface area contributed by atoms with Crippen LogP contribution in [0.2, 0.25) is 0 Å². The normalized spacial score (nSPS) is 11.2. The number of aromatic nitrogens is 2. The van der Waals surface area contributed by atoms with E-state index in [1.165, 1.54) is 24.3 Å². The van der Waals surface area contributed by atoms with Gasteiger partial charge in [-0.2, -0.15) is 5.26 Å². The maximum Gasteiger partial charge on any atom is 0.261 e. The maximum atomic E-state index is 12.6. The van der Waals surface area contributed by atoms with Crippen LogP contribution in [0.25, 0.3) is 22.4 Å². The van der Waals surface area contributed by atoms with Crippen molar-refractivity contribution in [3.8, 4) is 17.5 Å². The zero-order valence-electron chi connectivity index (χ0n) is 14.0. The summed E-state index contributed by atoms with van der Waals surface area (Å²) in [7, 11) is -3.75. The molecule has 1 aromatic heterocycles. The molecule has 3 aromatic carbocycles. The molecular formula is C20H14N4O2S. The van der Waals surface area contributed by atoms with Gasteiger partial charge in [0.15, 0.2) is 0 Å². The number of benzene rings is 3. The summed E-state index contributed by atoms with van der Waals surface area (Å²) in [6.45, 7) is 0. The van der Waals surface area contributed by atoms with Crippen molar-refractivity contribution < 1.29 is 8.42 Å². The molecule has 0 fully saturated rings. The van der Waals surface area contributed by atoms with Gasteiger partial charge in [0.05, 0.1) is 27.6 Å². The van der Waals surface area contributed by atoms with E-state index in [4.69, 9.17) is 5.26 Å². The number of fused-ring (bicyclic) bond motifs is 1. The standard InChI is InChI=1S/C20H14N4O2S/c21-13-14-8-10-17(11-9-14)27(25,26)24-16-5-3-4-15(12-16)20-22-18-6-1-2-7-19(18)23-20/h1-12,24H,(H,22,23). The summed E-state index contributed by atoms with van der Waals surface area (Å²) in [5, 5.41) is 8.83. The predicted molar refractivity (Wildman–Crippen MR) is 103 cm³/mol. The fourth-order valence-corrected chi connectivity index (χ4v) is 3.79. The monoisotopic (exact) mass is 374 g/mol. The van der Waals surface area contributed by atoms with Gasteiger partial charge >= 0.3 is 0 Å². The Kier molecular flexibility index (Phi) is 4.11. The third-order valence-electron chi connectivity index (χ3n) is 4.07. The highest BCUT2D eigenvalue weighted by atomic mass is 32.2. The quantitative estimate of drug-likeness (QED) is 0.566. The summed E-state index contributed by atoms with van der Waals surface area (Å²) in [6, 6.07) is 22.4. The number of H-pyrrole nitrogens is 1. The lowest BCUT2D eigenvalue weighted by Gasteiger charge is -2.09. The largest absolute Gasteiger partial charge is 0.338 e. The Labute approximate surface area is 156 Å². The lowest BCUT2D eigenvalue weighted by molar-refractivity contribution is 0.601. The van der Waals surface area contributed by atoms with E-state index < -0.39 is 10.0 Å². The minimum absolute atomic E-state index is 0.0932. The summed E-state index contributed by atoms with van der Waals surface area (Å²) in [4.78, 5) is 7.85. The van der Waals surface area contributed by atoms with Gasteiger partial charge in [-0.25, -0.2) is 13.4 Å². The number of rotatable bonds is 4. The van der Waals surface area contributed by atoms with Crippen LogP contribution in [0.4, 0.5) is 5.69 Å². The highest BCUT2D eigenvalue weighted by Gasteiger charge is 2.15. The molecule has 0 spiro atoms. The van der Waals surface area contributed by atoms with Crippen molar-refractivity contribution in [3.05, 3.63) is 78.4 Å². The van der Waals surface area contributed by atoms with Crippen molar-refractivity contribution in [1.29, 1.82) is 5.26 Å². The van der Waals surface area contributed by atoms with Crippen LogP contribution in [-0.4, -0.2) is 18.4 Å². The molecule has 132 valence electrons. The minimum atomic E-state index is -3.75. The number of anilines is 1. The number of sulfonamides is 1. The van der Waals surface area contributed by atoms with Crippen molar-refractivity contribution in [2.45, 2.75) is 4.90 Å². The molecule has 0 aliphatic rings. The number of hydrogen-bond donors (Lipinski definition) is 2. The van der Waals surface area contributed by atoms with E-state index >= 15 is 0 Å². The minimum Gasteiger partial charge on any atom is -0.338 e. The van der Waals surface area contributed by atoms with Crippen LogP contribution >= 0.6 is 0 Å². The Bertz CT molecular complexity index is 1240. The van der Waals surface area contributed by atoms with Gasteiger partial charge in [0.25, 0.3) is 10.0 Å². The van der Waals surface area contributed by atoms with E-state index in [1.54, 1.807) is 18.2 Å². The van der Waals surface area contributed by atoms with Crippen molar-refractivity contribution in [3.63, 3.8) is 0 Å². The molecule has 27 heavy (non-hydrogen) atoms. The van der Waals surface area contributed by atoms with E-state index in [0.29, 0.717) is 17.1 Å². The number of nitrogens with one attached hydrogen (secondary N) is 2. The highest BCUT2D eigenvalue weighted by Crippen LogP contribution is 2.24. The molecule has 6 nitrogen and oxygen atoms in total. The van der Waals surface area contributed by atoms with Crippen LogP contribution in [0.3, 0.4) is 0 Å². The third-order valence-corrected chi connectivity index (χ3v) is 5.47. The van der Waals surface area contributed by atoms with E-state index in [1.807, 2.05) is 36.4 Å². The topological polar surface area (TPSA) is 98.6 Å². The first-order valence-corrected chi connectivity index (χ1v) is 9.62. The first-order valence-electron chi connectivity index (χ1n) is 8.13. The van der Waals surface area contributed by atoms with Crippen LogP contribution in [0, 0.1) is 11.3 Å². The van der Waals surface area contributed by atoms with E-state index in [2.05, 4.69) is 14.7 Å². The van der Waals surface area contributed by atoms with Crippen molar-refractivity contribution in [1.82, 2.24) is 9.97 Å². The second-order valence-corrected chi connectivity index (χ2v) is 7.61. The van der Waals surface area contributed by atoms with Crippen LogP contribution in [0.5, 0.6) is 0 Å². The Balaban J connectivity index is 1.65. The fraction of sp³-hybridized carbons (Fsp3) is 0. The number of nitrogens with zero attached hydrogens (tertiary/aromatic N) is 2. The SMILES string of the molecule is N#Cc1ccc(S(=O)(=O)Nc2cccc(-c3nc4ccccc4[nH]3)c2)cc1. The zero-order valence-corrected chi connectivity index (χ0v) is 14.9. The molecule has 1 heterocycles. The molecule has 0 radical (unpaired) electrons. The van der Waals surface area contributed by atoms with E-state index in [0.717, 1.165) is 16.6 Å². The molecule has 0 saturated carbocycles. The molecular weight excluding hydrogens is 360 g/mol. The third kappa shape index (κ3) is 3.38. The molecule has 0 bridgehead atoms. The van der Waals surface area contributed by atoms with Crippen molar-refractivity contribution >= 4 is 26.7 Å². The summed E-state index contributed by atoms with van der Waals surface area (Å²) < 4.78 is 27.7. The summed E-state index contributed by atoms with van der Waals surface area (Å²) in [5.74, 6) is 0.663. The molecule has 0 saturated heterocycles. The number of aromatic amines is 1.